The number of amides is 3. The fourth-order valence-corrected chi connectivity index (χ4v) is 12.8. The highest BCUT2D eigenvalue weighted by atomic mass is 31.2. The molecule has 0 bridgehead atoms. The van der Waals surface area contributed by atoms with E-state index < -0.39 is 184 Å². The normalized spacial score (nSPS) is 36.2. The Morgan fingerprint density at radius 1 is 0.703 bits per heavy atom. The first kappa shape index (κ1) is 78.5. The molecule has 0 saturated carbocycles. The summed E-state index contributed by atoms with van der Waals surface area (Å²) in [6.07, 6.45) is -20.6. The van der Waals surface area contributed by atoms with E-state index in [1.54, 1.807) is 0 Å². The number of unbranched alkanes of at least 4 members (excludes halogenated alkanes) is 1. The number of primary amides is 2. The second kappa shape index (κ2) is 35.2. The first-order valence-corrected chi connectivity index (χ1v) is 33.3. The van der Waals surface area contributed by atoms with Gasteiger partial charge >= 0.3 is 13.9 Å². The lowest BCUT2D eigenvalue weighted by molar-refractivity contribution is -0.365. The van der Waals surface area contributed by atoms with Crippen LogP contribution in [0.4, 0.5) is 4.79 Å². The number of nitrogens with two attached hydrogens (primary N) is 4. The van der Waals surface area contributed by atoms with Crippen molar-refractivity contribution in [2.24, 2.45) is 52.0 Å². The lowest BCUT2D eigenvalue weighted by Gasteiger charge is -2.50. The Labute approximate surface area is 532 Å². The van der Waals surface area contributed by atoms with Gasteiger partial charge in [-0.3, -0.25) is 28.7 Å². The summed E-state index contributed by atoms with van der Waals surface area (Å²) in [5.41, 5.74) is 21.0. The van der Waals surface area contributed by atoms with Gasteiger partial charge in [0.25, 0.3) is 5.91 Å². The van der Waals surface area contributed by atoms with Gasteiger partial charge < -0.3 is 112 Å². The Bertz CT molecular complexity index is 2400. The summed E-state index contributed by atoms with van der Waals surface area (Å²) in [4.78, 5) is 65.9. The van der Waals surface area contributed by atoms with Crippen molar-refractivity contribution in [1.29, 1.82) is 0 Å². The van der Waals surface area contributed by atoms with Gasteiger partial charge in [-0.05, 0) is 69.1 Å². The molecular formula is C59H106N5O26P. The number of hydrogen-bond acceptors (Lipinski definition) is 27. The molecule has 0 aromatic carbocycles. The number of ether oxygens (including phenoxy) is 9. The monoisotopic (exact) mass is 1330 g/mol. The van der Waals surface area contributed by atoms with Gasteiger partial charge in [0, 0.05) is 19.4 Å². The number of phosphoric acid groups is 1. The number of aliphatic hydroxyl groups is 7. The molecule has 0 radical (unpaired) electrons. The van der Waals surface area contributed by atoms with Gasteiger partial charge in [0.2, 0.25) is 5.91 Å². The van der Waals surface area contributed by atoms with Crippen LogP contribution in [0.1, 0.15) is 159 Å². The molecule has 0 spiro atoms. The Morgan fingerprint density at radius 2 is 1.26 bits per heavy atom. The molecule has 0 aromatic rings. The van der Waals surface area contributed by atoms with Crippen molar-refractivity contribution in [2.45, 2.75) is 287 Å². The molecule has 18 N–H and O–H groups in total. The van der Waals surface area contributed by atoms with E-state index in [4.69, 9.17) is 74.6 Å². The number of nitrogens with one attached hydrogen (secondary N) is 1. The van der Waals surface area contributed by atoms with E-state index >= 15 is 0 Å². The van der Waals surface area contributed by atoms with E-state index in [2.05, 4.69) is 58.7 Å². The Kier molecular flexibility index (Phi) is 30.3. The van der Waals surface area contributed by atoms with Gasteiger partial charge in [0.15, 0.2) is 55.4 Å². The summed E-state index contributed by atoms with van der Waals surface area (Å²) in [5, 5.41) is 88.6. The summed E-state index contributed by atoms with van der Waals surface area (Å²) in [6, 6.07) is -3.25. The van der Waals surface area contributed by atoms with Crippen LogP contribution < -0.4 is 28.3 Å². The molecule has 3 amide bonds. The van der Waals surface area contributed by atoms with Crippen LogP contribution in [0.15, 0.2) is 11.5 Å². The lowest BCUT2D eigenvalue weighted by atomic mass is 9.79. The molecular weight excluding hydrogens is 1230 g/mol. The lowest BCUT2D eigenvalue weighted by Crippen LogP contribution is -2.71. The van der Waals surface area contributed by atoms with Gasteiger partial charge in [-0.1, -0.05) is 106 Å². The number of carbonyl (C=O) groups excluding carboxylic acids is 4. The predicted molar refractivity (Wildman–Crippen MR) is 320 cm³/mol. The van der Waals surface area contributed by atoms with Crippen LogP contribution in [0.5, 0.6) is 0 Å². The molecule has 5 aliphatic rings. The van der Waals surface area contributed by atoms with E-state index in [0.29, 0.717) is 12.3 Å². The molecule has 5 rings (SSSR count). The Morgan fingerprint density at radius 3 is 1.81 bits per heavy atom. The molecule has 4 fully saturated rings. The van der Waals surface area contributed by atoms with Crippen LogP contribution in [0.3, 0.4) is 0 Å². The summed E-state index contributed by atoms with van der Waals surface area (Å²) in [5.74, 6) is -1.12. The molecule has 91 heavy (non-hydrogen) atoms. The van der Waals surface area contributed by atoms with Crippen LogP contribution >= 0.6 is 7.82 Å². The summed E-state index contributed by atoms with van der Waals surface area (Å²) < 4.78 is 76.6. The minimum atomic E-state index is -5.42. The minimum absolute atomic E-state index is 0.0456. The molecule has 1 aliphatic carbocycles. The highest BCUT2D eigenvalue weighted by molar-refractivity contribution is 7.47. The summed E-state index contributed by atoms with van der Waals surface area (Å²) in [7, 11) is -5.42. The van der Waals surface area contributed by atoms with Crippen LogP contribution in [0, 0.1) is 29.1 Å². The Balaban J connectivity index is 1.16. The third-order valence-electron chi connectivity index (χ3n) is 17.9. The van der Waals surface area contributed by atoms with Crippen molar-refractivity contribution >= 4 is 31.5 Å². The first-order chi connectivity index (χ1) is 42.5. The van der Waals surface area contributed by atoms with Crippen molar-refractivity contribution in [2.75, 3.05) is 19.8 Å². The number of Topliss-reactive ketones (excluding diaryl/α,β-unsaturated/α-hetero) is 1. The standard InChI is InChI=1S/C59H106N5O26P/c1-28(2)14-13-16-29(3)17-18-31(5)21-24-58(8,9)23-12-11-15-30(4)22-25-79-34(26-80-76)27-81-91(77,78)90-56-48(49(89-57(63)74)59(10,75)50(88-56)51(62)72)87-54-38(61)40(67)45(32(6)83-54)84-53-37(60)41(68)46(33(7)82-53)85-55-44(71)42(69)43(70)47(86-55)52(73)64-39-35(65)19-20-36(39)66/h28-34,37-38,40-50,53-56,65,67-71,75-76H,11-27,60-61H2,1-10H3,(H2,62,72)(H2,63,74)(H,64,73)(H,77,78). The average Bonchev–Trinajstić information content (AvgIpc) is 1.15. The fraction of sp³-hybridized carbons (Fsp3) is 0.898. The van der Waals surface area contributed by atoms with Crippen molar-refractivity contribution in [3.63, 3.8) is 0 Å². The Hall–Kier alpha value is -3.19. The topological polar surface area (TPSA) is 494 Å². The van der Waals surface area contributed by atoms with Gasteiger partial charge in [0.05, 0.1) is 30.9 Å². The summed E-state index contributed by atoms with van der Waals surface area (Å²) >= 11 is 0. The maximum Gasteiger partial charge on any atom is 0.474 e. The van der Waals surface area contributed by atoms with E-state index in [0.717, 1.165) is 44.4 Å². The number of ketones is 1. The first-order valence-electron chi connectivity index (χ1n) is 31.8. The maximum absolute atomic E-state index is 13.8. The maximum atomic E-state index is 13.8. The highest BCUT2D eigenvalue weighted by Crippen LogP contribution is 2.49. The molecule has 4 aliphatic heterocycles. The zero-order valence-electron chi connectivity index (χ0n) is 54.1. The quantitative estimate of drug-likeness (QED) is 0.0184. The van der Waals surface area contributed by atoms with Crippen LogP contribution in [0.25, 0.3) is 0 Å². The zero-order valence-corrected chi connectivity index (χ0v) is 55.0. The van der Waals surface area contributed by atoms with E-state index in [1.165, 1.54) is 58.8 Å². The van der Waals surface area contributed by atoms with Crippen LogP contribution in [-0.2, 0) is 75.5 Å². The number of phosphoric ester groups is 1. The van der Waals surface area contributed by atoms with E-state index in [1.807, 2.05) is 0 Å². The number of hydrogen-bond donors (Lipinski definition) is 14. The predicted octanol–water partition coefficient (Wildman–Crippen LogP) is 1.77. The minimum Gasteiger partial charge on any atom is -0.510 e. The second-order valence-electron chi connectivity index (χ2n) is 27.0. The zero-order chi connectivity index (χ0) is 68.0. The van der Waals surface area contributed by atoms with Gasteiger partial charge in [0.1, 0.15) is 72.5 Å². The number of allylic oxidation sites excluding steroid dienone is 2. The van der Waals surface area contributed by atoms with Crippen LogP contribution in [-0.4, -0.2) is 218 Å². The highest BCUT2D eigenvalue weighted by Gasteiger charge is 2.61. The van der Waals surface area contributed by atoms with Gasteiger partial charge in [-0.2, -0.15) is 0 Å². The van der Waals surface area contributed by atoms with Crippen molar-refractivity contribution in [1.82, 2.24) is 5.32 Å². The third kappa shape index (κ3) is 22.4. The third-order valence-corrected chi connectivity index (χ3v) is 18.8. The van der Waals surface area contributed by atoms with Gasteiger partial charge in [-0.15, -0.1) is 0 Å². The smallest absolute Gasteiger partial charge is 0.474 e. The molecule has 4 heterocycles. The largest absolute Gasteiger partial charge is 0.510 e. The summed E-state index contributed by atoms with van der Waals surface area (Å²) in [6.45, 7) is 18.7. The van der Waals surface area contributed by atoms with Crippen molar-refractivity contribution in [3.8, 4) is 0 Å². The van der Waals surface area contributed by atoms with Gasteiger partial charge in [-0.25, -0.2) is 14.2 Å². The average molecular weight is 1330 g/mol. The van der Waals surface area contributed by atoms with E-state index in [9.17, 15) is 69.6 Å². The second-order valence-corrected chi connectivity index (χ2v) is 28.4. The SMILES string of the molecule is CC(C)CCCC(C)CCC(C)CCC(C)(C)CCCCC(C)CCOC(COO)COP(=O)(O)OC1OC(C(N)=O)C(C)(O)C(OC(N)=O)C1OC1OC(C)C(OC2OC(C)C(OC3OC(C(=O)NC4=C(O)CCC4=O)C(O)C(O)C3O)C(O)C2N)C(O)C1N. The molecule has 0 aromatic heterocycles. The molecule has 32 heteroatoms. The number of carbonyl (C=O) groups is 4. The number of aliphatic hydroxyl groups excluding tert-OH is 6. The van der Waals surface area contributed by atoms with Crippen LogP contribution in [0.2, 0.25) is 0 Å². The molecule has 4 saturated heterocycles. The van der Waals surface area contributed by atoms with Crippen molar-refractivity contribution < 1.29 is 126 Å². The molecule has 528 valence electrons. The number of rotatable bonds is 36. The van der Waals surface area contributed by atoms with Crippen molar-refractivity contribution in [3.05, 3.63) is 11.5 Å². The van der Waals surface area contributed by atoms with E-state index in [-0.39, 0.29) is 30.8 Å². The molecule has 31 nitrogen and oxygen atoms in total. The fourth-order valence-electron chi connectivity index (χ4n) is 11.9. The molecule has 25 atom stereocenters. The molecule has 25 unspecified atom stereocenters.